The summed E-state index contributed by atoms with van der Waals surface area (Å²) in [5.74, 6) is -0.0979. The Hall–Kier alpha value is -2.10. The van der Waals surface area contributed by atoms with Crippen molar-refractivity contribution >= 4 is 23.2 Å². The Kier molecular flexibility index (Phi) is 2.63. The molecule has 2 amide bonds. The summed E-state index contributed by atoms with van der Waals surface area (Å²) >= 11 is 0. The first-order valence-corrected chi connectivity index (χ1v) is 6.11. The molecule has 1 aromatic rings. The van der Waals surface area contributed by atoms with E-state index in [9.17, 15) is 9.59 Å². The van der Waals surface area contributed by atoms with Gasteiger partial charge in [-0.1, -0.05) is 24.3 Å². The number of para-hydroxylation sites is 2. The summed E-state index contributed by atoms with van der Waals surface area (Å²) < 4.78 is 0. The first-order valence-electron chi connectivity index (χ1n) is 6.11. The average molecular weight is 242 g/mol. The summed E-state index contributed by atoms with van der Waals surface area (Å²) in [6.45, 7) is 0.117. The van der Waals surface area contributed by atoms with Gasteiger partial charge in [-0.15, -0.1) is 0 Å². The zero-order valence-electron chi connectivity index (χ0n) is 9.93. The quantitative estimate of drug-likeness (QED) is 0.765. The van der Waals surface area contributed by atoms with E-state index in [1.165, 1.54) is 0 Å². The topological polar surface area (TPSA) is 49.4 Å². The predicted octanol–water partition coefficient (Wildman–Crippen LogP) is 1.94. The second-order valence-corrected chi connectivity index (χ2v) is 4.63. The van der Waals surface area contributed by atoms with Gasteiger partial charge in [-0.25, -0.2) is 0 Å². The van der Waals surface area contributed by atoms with Crippen molar-refractivity contribution < 1.29 is 9.59 Å². The molecular formula is C14H14N2O2. The lowest BCUT2D eigenvalue weighted by Gasteiger charge is -2.31. The van der Waals surface area contributed by atoms with Gasteiger partial charge in [0.15, 0.2) is 0 Å². The number of amides is 2. The molecule has 0 bridgehead atoms. The Labute approximate surface area is 105 Å². The molecule has 92 valence electrons. The fourth-order valence-corrected chi connectivity index (χ4v) is 2.47. The summed E-state index contributed by atoms with van der Waals surface area (Å²) in [5.41, 5.74) is 1.52. The third-order valence-electron chi connectivity index (χ3n) is 3.39. The van der Waals surface area contributed by atoms with E-state index in [1.807, 2.05) is 36.4 Å². The maximum atomic E-state index is 12.4. The largest absolute Gasteiger partial charge is 0.323 e. The van der Waals surface area contributed by atoms with Crippen LogP contribution in [-0.2, 0) is 9.59 Å². The molecule has 1 aromatic carbocycles. The van der Waals surface area contributed by atoms with Gasteiger partial charge >= 0.3 is 0 Å². The fourth-order valence-electron chi connectivity index (χ4n) is 2.47. The van der Waals surface area contributed by atoms with Crippen molar-refractivity contribution in [2.75, 3.05) is 16.8 Å². The number of benzene rings is 1. The lowest BCUT2D eigenvalue weighted by molar-refractivity contribution is -0.124. The Balaban J connectivity index is 1.92. The molecule has 0 saturated carbocycles. The number of carbonyl (C=O) groups is 2. The molecule has 0 unspecified atom stereocenters. The second-order valence-electron chi connectivity index (χ2n) is 4.63. The maximum absolute atomic E-state index is 12.4. The van der Waals surface area contributed by atoms with E-state index in [4.69, 9.17) is 0 Å². The van der Waals surface area contributed by atoms with Crippen molar-refractivity contribution in [3.63, 3.8) is 0 Å². The lowest BCUT2D eigenvalue weighted by atomic mass is 10.0. The number of anilines is 2. The zero-order chi connectivity index (χ0) is 12.5. The number of carbonyl (C=O) groups excluding carboxylic acids is 2. The van der Waals surface area contributed by atoms with Gasteiger partial charge in [0.05, 0.1) is 11.4 Å². The van der Waals surface area contributed by atoms with Crippen LogP contribution in [0.2, 0.25) is 0 Å². The van der Waals surface area contributed by atoms with E-state index in [2.05, 4.69) is 5.32 Å². The van der Waals surface area contributed by atoms with Crippen LogP contribution in [0.4, 0.5) is 11.4 Å². The maximum Gasteiger partial charge on any atom is 0.244 e. The first-order chi connectivity index (χ1) is 8.75. The highest BCUT2D eigenvalue weighted by atomic mass is 16.2. The van der Waals surface area contributed by atoms with Crippen molar-refractivity contribution in [1.82, 2.24) is 0 Å². The minimum absolute atomic E-state index is 0.0102. The predicted molar refractivity (Wildman–Crippen MR) is 69.3 cm³/mol. The van der Waals surface area contributed by atoms with Gasteiger partial charge in [0.1, 0.15) is 6.54 Å². The van der Waals surface area contributed by atoms with E-state index in [1.54, 1.807) is 4.90 Å². The summed E-state index contributed by atoms with van der Waals surface area (Å²) in [6, 6.07) is 7.42. The first kappa shape index (κ1) is 11.0. The zero-order valence-corrected chi connectivity index (χ0v) is 9.93. The smallest absolute Gasteiger partial charge is 0.244 e. The van der Waals surface area contributed by atoms with E-state index >= 15 is 0 Å². The standard InChI is InChI=1S/C14H14N2O2/c17-13-9-16(14(18)10-5-1-2-6-10)12-8-4-3-7-11(12)15-13/h1-4,7-8,10H,5-6,9H2,(H,15,17). The molecule has 0 radical (unpaired) electrons. The number of allylic oxidation sites excluding steroid dienone is 2. The highest BCUT2D eigenvalue weighted by molar-refractivity contribution is 6.10. The van der Waals surface area contributed by atoms with Crippen LogP contribution in [0, 0.1) is 5.92 Å². The minimum atomic E-state index is -0.131. The molecule has 1 aliphatic carbocycles. The van der Waals surface area contributed by atoms with Gasteiger partial charge in [-0.3, -0.25) is 9.59 Å². The van der Waals surface area contributed by atoms with Crippen LogP contribution in [0.3, 0.4) is 0 Å². The van der Waals surface area contributed by atoms with E-state index in [0.29, 0.717) is 5.69 Å². The molecule has 4 heteroatoms. The summed E-state index contributed by atoms with van der Waals surface area (Å²) in [6.07, 6.45) is 5.61. The van der Waals surface area contributed by atoms with Crippen molar-refractivity contribution in [1.29, 1.82) is 0 Å². The number of hydrogen-bond acceptors (Lipinski definition) is 2. The van der Waals surface area contributed by atoms with Gasteiger partial charge in [-0.2, -0.15) is 0 Å². The number of rotatable bonds is 1. The normalized spacial score (nSPS) is 18.7. The van der Waals surface area contributed by atoms with E-state index < -0.39 is 0 Å². The van der Waals surface area contributed by atoms with Crippen LogP contribution in [-0.4, -0.2) is 18.4 Å². The molecule has 1 heterocycles. The third-order valence-corrected chi connectivity index (χ3v) is 3.39. The molecular weight excluding hydrogens is 228 g/mol. The summed E-state index contributed by atoms with van der Waals surface area (Å²) in [4.78, 5) is 25.7. The molecule has 0 fully saturated rings. The highest BCUT2D eigenvalue weighted by Gasteiger charge is 2.31. The van der Waals surface area contributed by atoms with Gasteiger partial charge in [0.2, 0.25) is 11.8 Å². The van der Waals surface area contributed by atoms with Crippen LogP contribution in [0.1, 0.15) is 12.8 Å². The van der Waals surface area contributed by atoms with Crippen molar-refractivity contribution in [3.8, 4) is 0 Å². The van der Waals surface area contributed by atoms with Gasteiger partial charge in [0, 0.05) is 5.92 Å². The van der Waals surface area contributed by atoms with Crippen LogP contribution in [0.15, 0.2) is 36.4 Å². The summed E-state index contributed by atoms with van der Waals surface area (Å²) in [5, 5.41) is 2.79. The van der Waals surface area contributed by atoms with Crippen molar-refractivity contribution in [2.24, 2.45) is 5.92 Å². The van der Waals surface area contributed by atoms with Crippen LogP contribution >= 0.6 is 0 Å². The van der Waals surface area contributed by atoms with Crippen LogP contribution < -0.4 is 10.2 Å². The van der Waals surface area contributed by atoms with Crippen LogP contribution in [0.5, 0.6) is 0 Å². The van der Waals surface area contributed by atoms with Crippen molar-refractivity contribution in [2.45, 2.75) is 12.8 Å². The molecule has 1 aliphatic heterocycles. The second kappa shape index (κ2) is 4.29. The molecule has 4 nitrogen and oxygen atoms in total. The summed E-state index contributed by atoms with van der Waals surface area (Å²) in [7, 11) is 0. The van der Waals surface area contributed by atoms with Gasteiger partial charge in [-0.05, 0) is 25.0 Å². The molecule has 3 rings (SSSR count). The fraction of sp³-hybridized carbons (Fsp3) is 0.286. The molecule has 0 aromatic heterocycles. The minimum Gasteiger partial charge on any atom is -0.323 e. The highest BCUT2D eigenvalue weighted by Crippen LogP contribution is 2.31. The molecule has 1 N–H and O–H groups in total. The molecule has 0 saturated heterocycles. The SMILES string of the molecule is O=C1CN(C(=O)C2CC=CC2)c2ccccc2N1. The monoisotopic (exact) mass is 242 g/mol. The van der Waals surface area contributed by atoms with Crippen LogP contribution in [0.25, 0.3) is 0 Å². The lowest BCUT2D eigenvalue weighted by Crippen LogP contribution is -2.44. The molecule has 2 aliphatic rings. The Morgan fingerprint density at radius 1 is 1.22 bits per heavy atom. The molecule has 18 heavy (non-hydrogen) atoms. The number of nitrogens with zero attached hydrogens (tertiary/aromatic N) is 1. The number of fused-ring (bicyclic) bond motifs is 1. The number of nitrogens with one attached hydrogen (secondary N) is 1. The van der Waals surface area contributed by atoms with E-state index in [-0.39, 0.29) is 24.3 Å². The molecule has 0 atom stereocenters. The Bertz CT molecular complexity index is 528. The third kappa shape index (κ3) is 1.79. The Morgan fingerprint density at radius 3 is 2.72 bits per heavy atom. The van der Waals surface area contributed by atoms with Gasteiger partial charge < -0.3 is 10.2 Å². The number of hydrogen-bond donors (Lipinski definition) is 1. The Morgan fingerprint density at radius 2 is 1.94 bits per heavy atom. The van der Waals surface area contributed by atoms with E-state index in [0.717, 1.165) is 18.5 Å². The van der Waals surface area contributed by atoms with Gasteiger partial charge in [0.25, 0.3) is 0 Å². The molecule has 0 spiro atoms. The average Bonchev–Trinajstić information content (AvgIpc) is 2.90. The van der Waals surface area contributed by atoms with Crippen molar-refractivity contribution in [3.05, 3.63) is 36.4 Å².